The molecule has 0 aliphatic carbocycles. The summed E-state index contributed by atoms with van der Waals surface area (Å²) in [6.07, 6.45) is 0. The summed E-state index contributed by atoms with van der Waals surface area (Å²) in [6, 6.07) is -0.576. The summed E-state index contributed by atoms with van der Waals surface area (Å²) in [5, 5.41) is 11.1. The molecule has 1 fully saturated rings. The van der Waals surface area contributed by atoms with Gasteiger partial charge in [0.05, 0.1) is 6.54 Å². The fraction of sp³-hybridized carbons (Fsp3) is 0.727. The standard InChI is InChI=1S/C6H10N2O3.C5H10O2/c1-8-3-5(9)7-2-4(8)6(10)11;1-5(2,3)7-4-6/h4H,2-3H2,1H3,(H,7,9)(H,10,11);4H,1-3H3. The molecule has 104 valence electrons. The van der Waals surface area contributed by atoms with E-state index >= 15 is 0 Å². The van der Waals surface area contributed by atoms with Crippen molar-refractivity contribution in [1.29, 1.82) is 0 Å². The van der Waals surface area contributed by atoms with Crippen LogP contribution >= 0.6 is 0 Å². The van der Waals surface area contributed by atoms with Gasteiger partial charge in [-0.3, -0.25) is 19.3 Å². The fourth-order valence-corrected chi connectivity index (χ4v) is 1.18. The maximum Gasteiger partial charge on any atom is 0.322 e. The van der Waals surface area contributed by atoms with E-state index in [2.05, 4.69) is 10.1 Å². The Labute approximate surface area is 106 Å². The number of carboxylic acid groups (broad SMARTS) is 1. The number of carbonyl (C=O) groups excluding carboxylic acids is 2. The molecule has 1 aliphatic heterocycles. The van der Waals surface area contributed by atoms with E-state index in [4.69, 9.17) is 5.11 Å². The fourth-order valence-electron chi connectivity index (χ4n) is 1.18. The van der Waals surface area contributed by atoms with Gasteiger partial charge in [0.15, 0.2) is 0 Å². The predicted octanol–water partition coefficient (Wildman–Crippen LogP) is -0.541. The van der Waals surface area contributed by atoms with Gasteiger partial charge in [-0.05, 0) is 27.8 Å². The number of carbonyl (C=O) groups is 3. The molecule has 7 nitrogen and oxygen atoms in total. The summed E-state index contributed by atoms with van der Waals surface area (Å²) in [7, 11) is 1.62. The molecule has 1 atom stereocenters. The largest absolute Gasteiger partial charge is 0.480 e. The second kappa shape index (κ2) is 6.95. The molecule has 1 amide bonds. The zero-order valence-electron chi connectivity index (χ0n) is 11.1. The van der Waals surface area contributed by atoms with Gasteiger partial charge in [0.1, 0.15) is 11.6 Å². The average Bonchev–Trinajstić information content (AvgIpc) is 2.15. The van der Waals surface area contributed by atoms with Crippen molar-refractivity contribution in [3.05, 3.63) is 0 Å². The monoisotopic (exact) mass is 260 g/mol. The molecule has 2 N–H and O–H groups in total. The maximum atomic E-state index is 10.7. The highest BCUT2D eigenvalue weighted by Crippen LogP contribution is 2.02. The number of nitrogens with one attached hydrogen (secondary N) is 1. The Balaban J connectivity index is 0.000000360. The van der Waals surface area contributed by atoms with E-state index in [0.29, 0.717) is 6.47 Å². The summed E-state index contributed by atoms with van der Waals surface area (Å²) in [5.74, 6) is -1.02. The zero-order valence-corrected chi connectivity index (χ0v) is 11.1. The van der Waals surface area contributed by atoms with Crippen molar-refractivity contribution >= 4 is 18.3 Å². The van der Waals surface area contributed by atoms with Crippen LogP contribution in [0.15, 0.2) is 0 Å². The van der Waals surface area contributed by atoms with Gasteiger partial charge in [0, 0.05) is 6.54 Å². The lowest BCUT2D eigenvalue weighted by Gasteiger charge is -2.28. The third-order valence-electron chi connectivity index (χ3n) is 2.10. The lowest BCUT2D eigenvalue weighted by atomic mass is 10.2. The first-order chi connectivity index (χ1) is 8.17. The summed E-state index contributed by atoms with van der Waals surface area (Å²) in [6.45, 7) is 6.28. The van der Waals surface area contributed by atoms with Crippen molar-refractivity contribution in [2.45, 2.75) is 32.4 Å². The molecule has 7 heteroatoms. The topological polar surface area (TPSA) is 95.9 Å². The van der Waals surface area contributed by atoms with Crippen LogP contribution < -0.4 is 5.32 Å². The molecular formula is C11H20N2O5. The minimum absolute atomic E-state index is 0.120. The van der Waals surface area contributed by atoms with Crippen LogP contribution in [0.1, 0.15) is 20.8 Å². The number of amides is 1. The Morgan fingerprint density at radius 2 is 2.11 bits per heavy atom. The molecule has 0 spiro atoms. The van der Waals surface area contributed by atoms with Gasteiger partial charge in [-0.15, -0.1) is 0 Å². The van der Waals surface area contributed by atoms with Gasteiger partial charge >= 0.3 is 5.97 Å². The van der Waals surface area contributed by atoms with E-state index in [1.165, 1.54) is 4.90 Å². The normalized spacial score (nSPS) is 20.2. The van der Waals surface area contributed by atoms with Gasteiger partial charge in [0.25, 0.3) is 6.47 Å². The molecule has 1 rings (SSSR count). The Morgan fingerprint density at radius 1 is 1.56 bits per heavy atom. The molecule has 18 heavy (non-hydrogen) atoms. The minimum Gasteiger partial charge on any atom is -0.480 e. The van der Waals surface area contributed by atoms with Gasteiger partial charge in [-0.2, -0.15) is 0 Å². The van der Waals surface area contributed by atoms with E-state index in [-0.39, 0.29) is 24.6 Å². The SMILES string of the molecule is CC(C)(C)OC=O.CN1CC(=O)NCC1C(=O)O. The van der Waals surface area contributed by atoms with Crippen LogP contribution in [-0.4, -0.2) is 60.1 Å². The average molecular weight is 260 g/mol. The second-order valence-corrected chi connectivity index (χ2v) is 4.90. The number of ether oxygens (including phenoxy) is 1. The van der Waals surface area contributed by atoms with Crippen molar-refractivity contribution in [3.63, 3.8) is 0 Å². The van der Waals surface area contributed by atoms with Crippen LogP contribution in [0.4, 0.5) is 0 Å². The van der Waals surface area contributed by atoms with Gasteiger partial charge in [-0.25, -0.2) is 0 Å². The minimum atomic E-state index is -0.896. The highest BCUT2D eigenvalue weighted by Gasteiger charge is 2.28. The van der Waals surface area contributed by atoms with Crippen molar-refractivity contribution in [2.75, 3.05) is 20.1 Å². The molecule has 0 aromatic carbocycles. The molecule has 0 aromatic rings. The zero-order chi connectivity index (χ0) is 14.3. The first-order valence-electron chi connectivity index (χ1n) is 5.48. The number of likely N-dealkylation sites (N-methyl/N-ethyl adjacent to an activating group) is 1. The van der Waals surface area contributed by atoms with Crippen molar-refractivity contribution in [1.82, 2.24) is 10.2 Å². The van der Waals surface area contributed by atoms with Crippen LogP contribution in [0.25, 0.3) is 0 Å². The summed E-state index contributed by atoms with van der Waals surface area (Å²) in [4.78, 5) is 32.3. The van der Waals surface area contributed by atoms with Crippen molar-refractivity contribution in [2.24, 2.45) is 0 Å². The molecule has 0 saturated carbocycles. The maximum absolute atomic E-state index is 10.7. The van der Waals surface area contributed by atoms with Crippen LogP contribution in [0, 0.1) is 0 Å². The molecule has 1 aliphatic rings. The first-order valence-corrected chi connectivity index (χ1v) is 5.48. The third-order valence-corrected chi connectivity index (χ3v) is 2.10. The Kier molecular flexibility index (Phi) is 6.32. The van der Waals surface area contributed by atoms with Crippen LogP contribution in [0.3, 0.4) is 0 Å². The number of hydrogen-bond donors (Lipinski definition) is 2. The molecular weight excluding hydrogens is 240 g/mol. The molecule has 1 unspecified atom stereocenters. The number of nitrogens with zero attached hydrogens (tertiary/aromatic N) is 1. The van der Waals surface area contributed by atoms with Crippen molar-refractivity contribution in [3.8, 4) is 0 Å². The van der Waals surface area contributed by atoms with E-state index in [1.54, 1.807) is 7.05 Å². The molecule has 0 bridgehead atoms. The number of carboxylic acids is 1. The number of hydrogen-bond acceptors (Lipinski definition) is 5. The second-order valence-electron chi connectivity index (χ2n) is 4.90. The molecule has 0 radical (unpaired) electrons. The highest BCUT2D eigenvalue weighted by molar-refractivity contribution is 5.83. The van der Waals surface area contributed by atoms with Crippen molar-refractivity contribution < 1.29 is 24.2 Å². The van der Waals surface area contributed by atoms with Crippen LogP contribution in [-0.2, 0) is 19.1 Å². The smallest absolute Gasteiger partial charge is 0.322 e. The number of aliphatic carboxylic acids is 1. The van der Waals surface area contributed by atoms with Gasteiger partial charge in [0.2, 0.25) is 5.91 Å². The van der Waals surface area contributed by atoms with Gasteiger partial charge in [-0.1, -0.05) is 0 Å². The lowest BCUT2D eigenvalue weighted by Crippen LogP contribution is -2.55. The molecule has 1 saturated heterocycles. The lowest BCUT2D eigenvalue weighted by molar-refractivity contribution is -0.145. The van der Waals surface area contributed by atoms with E-state index < -0.39 is 12.0 Å². The summed E-state index contributed by atoms with van der Waals surface area (Å²) < 4.78 is 4.55. The third kappa shape index (κ3) is 6.85. The summed E-state index contributed by atoms with van der Waals surface area (Å²) in [5.41, 5.74) is -0.318. The quantitative estimate of drug-likeness (QED) is 0.647. The van der Waals surface area contributed by atoms with E-state index in [1.807, 2.05) is 20.8 Å². The number of rotatable bonds is 2. The van der Waals surface area contributed by atoms with Crippen LogP contribution in [0.2, 0.25) is 0 Å². The Hall–Kier alpha value is -1.63. The van der Waals surface area contributed by atoms with Gasteiger partial charge < -0.3 is 15.2 Å². The number of piperazine rings is 1. The van der Waals surface area contributed by atoms with E-state index in [0.717, 1.165) is 0 Å². The Morgan fingerprint density at radius 3 is 2.39 bits per heavy atom. The van der Waals surface area contributed by atoms with Crippen LogP contribution in [0.5, 0.6) is 0 Å². The first kappa shape index (κ1) is 16.4. The molecule has 1 heterocycles. The van der Waals surface area contributed by atoms with E-state index in [9.17, 15) is 14.4 Å². The summed E-state index contributed by atoms with van der Waals surface area (Å²) >= 11 is 0. The highest BCUT2D eigenvalue weighted by atomic mass is 16.5. The predicted molar refractivity (Wildman–Crippen MR) is 64.0 cm³/mol. The Bertz CT molecular complexity index is 311. The molecule has 0 aromatic heterocycles.